The van der Waals surface area contributed by atoms with Crippen molar-refractivity contribution in [1.29, 1.82) is 0 Å². The third-order valence-corrected chi connectivity index (χ3v) is 5.79. The summed E-state index contributed by atoms with van der Waals surface area (Å²) in [5.74, 6) is 0.0943. The van der Waals surface area contributed by atoms with Crippen LogP contribution in [0.4, 0.5) is 24.5 Å². The topological polar surface area (TPSA) is 101 Å². The Morgan fingerprint density at radius 3 is 2.53 bits per heavy atom. The number of aryl methyl sites for hydroxylation is 1. The standard InChI is InChI=1S/C25H20F3N7O/c1-35-20-8-3-2-7-19(20)21(30-18-6-4-5-17(13-18)25(26,27)28)22(35)24(36)29-14-15-9-11-16(12-10-15)23-31-33-34-32-23/h2-13,30H,14H2,1H3,(H,29,36)(H,31,32,33,34). The van der Waals surface area contributed by atoms with E-state index in [1.807, 2.05) is 48.5 Å². The van der Waals surface area contributed by atoms with Gasteiger partial charge in [0.05, 0.1) is 16.8 Å². The second-order valence-corrected chi connectivity index (χ2v) is 8.12. The molecular formula is C25H20F3N7O. The van der Waals surface area contributed by atoms with Crippen molar-refractivity contribution in [3.8, 4) is 11.4 Å². The third kappa shape index (κ3) is 4.50. The van der Waals surface area contributed by atoms with Crippen LogP contribution in [-0.2, 0) is 19.8 Å². The summed E-state index contributed by atoms with van der Waals surface area (Å²) in [7, 11) is 1.74. The van der Waals surface area contributed by atoms with Gasteiger partial charge < -0.3 is 15.2 Å². The van der Waals surface area contributed by atoms with Gasteiger partial charge in [0, 0.05) is 30.2 Å². The van der Waals surface area contributed by atoms with Crippen LogP contribution in [0.1, 0.15) is 21.6 Å². The van der Waals surface area contributed by atoms with Crippen LogP contribution in [0.25, 0.3) is 22.3 Å². The van der Waals surface area contributed by atoms with Crippen LogP contribution >= 0.6 is 0 Å². The molecule has 0 unspecified atom stereocenters. The van der Waals surface area contributed by atoms with E-state index in [1.54, 1.807) is 11.6 Å². The summed E-state index contributed by atoms with van der Waals surface area (Å²) in [6.07, 6.45) is -4.48. The number of carbonyl (C=O) groups excluding carboxylic acids is 1. The third-order valence-electron chi connectivity index (χ3n) is 5.79. The first kappa shape index (κ1) is 23.1. The lowest BCUT2D eigenvalue weighted by Gasteiger charge is -2.13. The highest BCUT2D eigenvalue weighted by molar-refractivity contribution is 6.09. The molecule has 0 aliphatic rings. The maximum absolute atomic E-state index is 13.3. The molecule has 3 N–H and O–H groups in total. The maximum Gasteiger partial charge on any atom is 0.416 e. The van der Waals surface area contributed by atoms with Crippen molar-refractivity contribution in [1.82, 2.24) is 30.5 Å². The van der Waals surface area contributed by atoms with Crippen LogP contribution in [0, 0.1) is 0 Å². The molecule has 3 aromatic carbocycles. The molecule has 0 saturated carbocycles. The van der Waals surface area contributed by atoms with Crippen LogP contribution < -0.4 is 10.6 Å². The average molecular weight is 491 g/mol. The van der Waals surface area contributed by atoms with Gasteiger partial charge in [0.25, 0.3) is 5.91 Å². The lowest BCUT2D eigenvalue weighted by atomic mass is 10.1. The van der Waals surface area contributed by atoms with Gasteiger partial charge in [-0.15, -0.1) is 10.2 Å². The van der Waals surface area contributed by atoms with Gasteiger partial charge in [-0.3, -0.25) is 4.79 Å². The number of rotatable bonds is 6. The number of H-pyrrole nitrogens is 1. The van der Waals surface area contributed by atoms with E-state index in [-0.39, 0.29) is 18.1 Å². The molecular weight excluding hydrogens is 471 g/mol. The molecule has 5 rings (SSSR count). The van der Waals surface area contributed by atoms with E-state index in [0.717, 1.165) is 28.8 Å². The zero-order chi connectivity index (χ0) is 25.3. The molecule has 182 valence electrons. The number of aromatic amines is 1. The smallest absolute Gasteiger partial charge is 0.353 e. The van der Waals surface area contributed by atoms with E-state index in [9.17, 15) is 18.0 Å². The normalized spacial score (nSPS) is 11.6. The molecule has 0 fully saturated rings. The largest absolute Gasteiger partial charge is 0.416 e. The van der Waals surface area contributed by atoms with Crippen molar-refractivity contribution in [2.75, 3.05) is 5.32 Å². The molecule has 0 radical (unpaired) electrons. The molecule has 0 saturated heterocycles. The molecule has 2 heterocycles. The number of hydrogen-bond donors (Lipinski definition) is 3. The predicted molar refractivity (Wildman–Crippen MR) is 128 cm³/mol. The Kier molecular flexibility index (Phi) is 5.88. The monoisotopic (exact) mass is 491 g/mol. The Bertz CT molecular complexity index is 1520. The number of hydrogen-bond acceptors (Lipinski definition) is 5. The van der Waals surface area contributed by atoms with Crippen LogP contribution in [-0.4, -0.2) is 31.1 Å². The van der Waals surface area contributed by atoms with Gasteiger partial charge in [0.15, 0.2) is 0 Å². The van der Waals surface area contributed by atoms with Crippen molar-refractivity contribution < 1.29 is 18.0 Å². The molecule has 0 aliphatic carbocycles. The van der Waals surface area contributed by atoms with E-state index in [1.165, 1.54) is 12.1 Å². The Balaban J connectivity index is 1.42. The summed E-state index contributed by atoms with van der Waals surface area (Å²) < 4.78 is 41.4. The van der Waals surface area contributed by atoms with Crippen molar-refractivity contribution in [2.24, 2.45) is 7.05 Å². The number of aromatic nitrogens is 5. The molecule has 0 atom stereocenters. The fourth-order valence-corrected chi connectivity index (χ4v) is 4.03. The minimum atomic E-state index is -4.48. The summed E-state index contributed by atoms with van der Waals surface area (Å²) in [6, 6.07) is 19.5. The fourth-order valence-electron chi connectivity index (χ4n) is 4.03. The Labute approximate surface area is 203 Å². The number of nitrogens with one attached hydrogen (secondary N) is 3. The number of amides is 1. The molecule has 36 heavy (non-hydrogen) atoms. The van der Waals surface area contributed by atoms with Gasteiger partial charge in [0.1, 0.15) is 5.69 Å². The zero-order valence-corrected chi connectivity index (χ0v) is 19.0. The fraction of sp³-hybridized carbons (Fsp3) is 0.120. The summed E-state index contributed by atoms with van der Waals surface area (Å²) >= 11 is 0. The Morgan fingerprint density at radius 1 is 1.03 bits per heavy atom. The number of carbonyl (C=O) groups is 1. The van der Waals surface area contributed by atoms with Crippen LogP contribution in [0.15, 0.2) is 72.8 Å². The highest BCUT2D eigenvalue weighted by Crippen LogP contribution is 2.35. The number of halogens is 3. The molecule has 11 heteroatoms. The molecule has 0 aliphatic heterocycles. The lowest BCUT2D eigenvalue weighted by molar-refractivity contribution is -0.137. The van der Waals surface area contributed by atoms with Crippen molar-refractivity contribution in [2.45, 2.75) is 12.7 Å². The van der Waals surface area contributed by atoms with Crippen LogP contribution in [0.2, 0.25) is 0 Å². The Morgan fingerprint density at radius 2 is 1.81 bits per heavy atom. The van der Waals surface area contributed by atoms with Gasteiger partial charge in [-0.05, 0) is 35.0 Å². The van der Waals surface area contributed by atoms with E-state index in [0.29, 0.717) is 22.6 Å². The summed E-state index contributed by atoms with van der Waals surface area (Å²) in [6.45, 7) is 0.246. The van der Waals surface area contributed by atoms with Crippen LogP contribution in [0.5, 0.6) is 0 Å². The number of nitrogens with zero attached hydrogens (tertiary/aromatic N) is 4. The lowest BCUT2D eigenvalue weighted by Crippen LogP contribution is -2.25. The average Bonchev–Trinajstić information content (AvgIpc) is 3.50. The summed E-state index contributed by atoms with van der Waals surface area (Å²) in [4.78, 5) is 13.3. The second-order valence-electron chi connectivity index (χ2n) is 8.12. The van der Waals surface area contributed by atoms with Gasteiger partial charge in [0.2, 0.25) is 5.82 Å². The number of tetrazole rings is 1. The number of benzene rings is 3. The quantitative estimate of drug-likeness (QED) is 0.309. The molecule has 1 amide bonds. The molecule has 0 bridgehead atoms. The summed E-state index contributed by atoms with van der Waals surface area (Å²) in [5.41, 5.74) is 2.58. The minimum absolute atomic E-state index is 0.229. The van der Waals surface area contributed by atoms with Gasteiger partial charge in [-0.2, -0.15) is 18.4 Å². The first-order valence-corrected chi connectivity index (χ1v) is 10.9. The predicted octanol–water partition coefficient (Wildman–Crippen LogP) is 5.05. The molecule has 2 aromatic heterocycles. The van der Waals surface area contributed by atoms with Gasteiger partial charge in [-0.1, -0.05) is 48.5 Å². The van der Waals surface area contributed by atoms with Crippen LogP contribution in [0.3, 0.4) is 0 Å². The first-order chi connectivity index (χ1) is 17.3. The first-order valence-electron chi connectivity index (χ1n) is 10.9. The molecule has 5 aromatic rings. The SMILES string of the molecule is Cn1c(C(=O)NCc2ccc(-c3nn[nH]n3)cc2)c(Nc2cccc(C(F)(F)F)c2)c2ccccc21. The number of fused-ring (bicyclic) bond motifs is 1. The summed E-state index contributed by atoms with van der Waals surface area (Å²) in [5, 5.41) is 20.5. The number of alkyl halides is 3. The highest BCUT2D eigenvalue weighted by atomic mass is 19.4. The van der Waals surface area contributed by atoms with Gasteiger partial charge >= 0.3 is 6.18 Å². The van der Waals surface area contributed by atoms with E-state index < -0.39 is 11.7 Å². The van der Waals surface area contributed by atoms with Gasteiger partial charge in [-0.25, -0.2) is 0 Å². The zero-order valence-electron chi connectivity index (χ0n) is 19.0. The second kappa shape index (κ2) is 9.17. The minimum Gasteiger partial charge on any atom is -0.353 e. The van der Waals surface area contributed by atoms with Crippen molar-refractivity contribution >= 4 is 28.2 Å². The van der Waals surface area contributed by atoms with E-state index >= 15 is 0 Å². The highest BCUT2D eigenvalue weighted by Gasteiger charge is 2.30. The van der Waals surface area contributed by atoms with Crippen molar-refractivity contribution in [3.05, 3.63) is 89.6 Å². The molecule has 0 spiro atoms. The van der Waals surface area contributed by atoms with Crippen molar-refractivity contribution in [3.63, 3.8) is 0 Å². The van der Waals surface area contributed by atoms with E-state index in [2.05, 4.69) is 31.3 Å². The maximum atomic E-state index is 13.3. The number of para-hydroxylation sites is 1. The molecule has 8 nitrogen and oxygen atoms in total. The Hall–Kier alpha value is -4.67. The number of anilines is 2. The van der Waals surface area contributed by atoms with E-state index in [4.69, 9.17) is 0 Å².